The van der Waals surface area contributed by atoms with Crippen LogP contribution >= 0.6 is 0 Å². The molecule has 1 aliphatic heterocycles. The lowest BCUT2D eigenvalue weighted by Crippen LogP contribution is -2.34. The summed E-state index contributed by atoms with van der Waals surface area (Å²) in [6.07, 6.45) is 2.10. The molecule has 1 N–H and O–H groups in total. The molecule has 0 unspecified atom stereocenters. The minimum atomic E-state index is -0.291. The molecule has 1 aliphatic rings. The van der Waals surface area contributed by atoms with E-state index in [1.165, 1.54) is 5.56 Å². The smallest absolute Gasteiger partial charge is 0.227 e. The summed E-state index contributed by atoms with van der Waals surface area (Å²) in [5, 5.41) is 7.44. The van der Waals surface area contributed by atoms with Crippen molar-refractivity contribution < 1.29 is 9.59 Å². The number of hydrogen-bond acceptors (Lipinski definition) is 3. The molecule has 29 heavy (non-hydrogen) atoms. The Balaban J connectivity index is 1.55. The Morgan fingerprint density at radius 1 is 1.31 bits per heavy atom. The normalized spacial score (nSPS) is 17.6. The summed E-state index contributed by atoms with van der Waals surface area (Å²) in [5.41, 5.74) is 4.26. The molecule has 0 saturated carbocycles. The molecule has 0 bridgehead atoms. The molecule has 0 aliphatic carbocycles. The molecule has 2 heterocycles. The van der Waals surface area contributed by atoms with Gasteiger partial charge in [-0.25, -0.2) is 0 Å². The van der Waals surface area contributed by atoms with Gasteiger partial charge in [-0.05, 0) is 50.3 Å². The number of aryl methyl sites for hydroxylation is 3. The molecule has 6 heteroatoms. The van der Waals surface area contributed by atoms with Crippen molar-refractivity contribution in [2.75, 3.05) is 18.0 Å². The van der Waals surface area contributed by atoms with E-state index in [2.05, 4.69) is 36.4 Å². The highest BCUT2D eigenvalue weighted by molar-refractivity contribution is 6.00. The molecule has 156 valence electrons. The van der Waals surface area contributed by atoms with E-state index in [0.717, 1.165) is 36.5 Å². The van der Waals surface area contributed by atoms with Crippen molar-refractivity contribution in [3.05, 3.63) is 47.3 Å². The number of amides is 2. The number of hydrogen-bond donors (Lipinski definition) is 1. The quantitative estimate of drug-likeness (QED) is 0.694. The Labute approximate surface area is 173 Å². The van der Waals surface area contributed by atoms with E-state index in [4.69, 9.17) is 0 Å². The highest BCUT2D eigenvalue weighted by Crippen LogP contribution is 2.33. The van der Waals surface area contributed by atoms with Crippen LogP contribution in [-0.4, -0.2) is 34.7 Å². The number of nitrogens with zero attached hydrogens (tertiary/aromatic N) is 3. The number of anilines is 1. The van der Waals surface area contributed by atoms with E-state index >= 15 is 0 Å². The molecule has 1 aromatic carbocycles. The average Bonchev–Trinajstić information content (AvgIpc) is 3.25. The molecular weight excluding hydrogens is 364 g/mol. The minimum absolute atomic E-state index is 0.0311. The van der Waals surface area contributed by atoms with E-state index in [0.29, 0.717) is 19.0 Å². The lowest BCUT2D eigenvalue weighted by molar-refractivity contribution is -0.126. The summed E-state index contributed by atoms with van der Waals surface area (Å²) in [7, 11) is 0. The Morgan fingerprint density at radius 3 is 2.76 bits per heavy atom. The van der Waals surface area contributed by atoms with Crippen LogP contribution in [0.4, 0.5) is 5.69 Å². The van der Waals surface area contributed by atoms with Gasteiger partial charge < -0.3 is 10.2 Å². The zero-order valence-corrected chi connectivity index (χ0v) is 17.9. The van der Waals surface area contributed by atoms with Crippen molar-refractivity contribution in [2.24, 2.45) is 5.92 Å². The zero-order chi connectivity index (χ0) is 21.0. The maximum atomic E-state index is 12.6. The topological polar surface area (TPSA) is 67.2 Å². The van der Waals surface area contributed by atoms with Crippen LogP contribution in [0, 0.1) is 19.8 Å². The Morgan fingerprint density at radius 2 is 2.07 bits per heavy atom. The SMILES string of the molecule is CC[C@H](C)c1ccccc1N1C[C@H](C(=O)NCCCn2nc(C)cc2C)CC1=O. The molecule has 1 aromatic heterocycles. The fraction of sp³-hybridized carbons (Fsp3) is 0.522. The maximum absolute atomic E-state index is 12.6. The van der Waals surface area contributed by atoms with Crippen LogP contribution in [0.3, 0.4) is 0 Å². The molecule has 3 rings (SSSR count). The molecule has 1 fully saturated rings. The van der Waals surface area contributed by atoms with Gasteiger partial charge in [-0.15, -0.1) is 0 Å². The lowest BCUT2D eigenvalue weighted by Gasteiger charge is -2.23. The number of benzene rings is 1. The van der Waals surface area contributed by atoms with Crippen LogP contribution in [0.1, 0.15) is 56.0 Å². The molecule has 2 amide bonds. The summed E-state index contributed by atoms with van der Waals surface area (Å²) in [6.45, 7) is 10.2. The van der Waals surface area contributed by atoms with Crippen LogP contribution in [0.15, 0.2) is 30.3 Å². The van der Waals surface area contributed by atoms with Crippen molar-refractivity contribution >= 4 is 17.5 Å². The van der Waals surface area contributed by atoms with E-state index < -0.39 is 0 Å². The van der Waals surface area contributed by atoms with E-state index in [1.54, 1.807) is 4.90 Å². The number of para-hydroxylation sites is 1. The van der Waals surface area contributed by atoms with E-state index in [-0.39, 0.29) is 24.2 Å². The van der Waals surface area contributed by atoms with Gasteiger partial charge >= 0.3 is 0 Å². The molecule has 0 spiro atoms. The fourth-order valence-electron chi connectivity index (χ4n) is 3.97. The number of nitrogens with one attached hydrogen (secondary N) is 1. The van der Waals surface area contributed by atoms with Gasteiger partial charge in [0.25, 0.3) is 0 Å². The van der Waals surface area contributed by atoms with Crippen LogP contribution in [0.5, 0.6) is 0 Å². The second-order valence-corrected chi connectivity index (χ2v) is 8.07. The number of rotatable bonds is 8. The summed E-state index contributed by atoms with van der Waals surface area (Å²) in [4.78, 5) is 27.0. The number of carbonyl (C=O) groups excluding carboxylic acids is 2. The first-order valence-electron chi connectivity index (χ1n) is 10.6. The highest BCUT2D eigenvalue weighted by atomic mass is 16.2. The van der Waals surface area contributed by atoms with Gasteiger partial charge in [0.15, 0.2) is 0 Å². The molecule has 0 radical (unpaired) electrons. The van der Waals surface area contributed by atoms with Gasteiger partial charge in [0, 0.05) is 37.4 Å². The first-order valence-corrected chi connectivity index (χ1v) is 10.6. The molecule has 6 nitrogen and oxygen atoms in total. The van der Waals surface area contributed by atoms with E-state index in [1.807, 2.05) is 36.7 Å². The number of aromatic nitrogens is 2. The maximum Gasteiger partial charge on any atom is 0.227 e. The van der Waals surface area contributed by atoms with E-state index in [9.17, 15) is 9.59 Å². The predicted octanol–water partition coefficient (Wildman–Crippen LogP) is 3.57. The largest absolute Gasteiger partial charge is 0.356 e. The van der Waals surface area contributed by atoms with Crippen molar-refractivity contribution in [3.63, 3.8) is 0 Å². The molecule has 2 atom stereocenters. The first-order chi connectivity index (χ1) is 13.9. The van der Waals surface area contributed by atoms with Crippen LogP contribution in [0.2, 0.25) is 0 Å². The summed E-state index contributed by atoms with van der Waals surface area (Å²) >= 11 is 0. The summed E-state index contributed by atoms with van der Waals surface area (Å²) in [5.74, 6) is 0.0845. The third-order valence-corrected chi connectivity index (χ3v) is 5.82. The van der Waals surface area contributed by atoms with Gasteiger partial charge in [-0.3, -0.25) is 14.3 Å². The molecular formula is C23H32N4O2. The number of carbonyl (C=O) groups is 2. The van der Waals surface area contributed by atoms with Crippen molar-refractivity contribution in [1.82, 2.24) is 15.1 Å². The van der Waals surface area contributed by atoms with Gasteiger partial charge in [0.1, 0.15) is 0 Å². The van der Waals surface area contributed by atoms with Crippen molar-refractivity contribution in [1.29, 1.82) is 0 Å². The molecule has 2 aromatic rings. The highest BCUT2D eigenvalue weighted by Gasteiger charge is 2.36. The van der Waals surface area contributed by atoms with Crippen LogP contribution in [-0.2, 0) is 16.1 Å². The predicted molar refractivity (Wildman–Crippen MR) is 115 cm³/mol. The lowest BCUT2D eigenvalue weighted by atomic mass is 9.96. The second kappa shape index (κ2) is 9.25. The fourth-order valence-corrected chi connectivity index (χ4v) is 3.97. The van der Waals surface area contributed by atoms with Crippen molar-refractivity contribution in [3.8, 4) is 0 Å². The summed E-state index contributed by atoms with van der Waals surface area (Å²) < 4.78 is 1.97. The Kier molecular flexibility index (Phi) is 6.72. The molecule has 1 saturated heterocycles. The minimum Gasteiger partial charge on any atom is -0.356 e. The van der Waals surface area contributed by atoms with Gasteiger partial charge in [0.2, 0.25) is 11.8 Å². The standard InChI is InChI=1S/C23H32N4O2/c1-5-16(2)20-9-6-7-10-21(20)26-15-19(14-22(26)28)23(29)24-11-8-12-27-18(4)13-17(3)25-27/h6-7,9-10,13,16,19H,5,8,11-12,14-15H2,1-4H3,(H,24,29)/t16-,19+/m0/s1. The van der Waals surface area contributed by atoms with Crippen molar-refractivity contribution in [2.45, 2.75) is 59.4 Å². The second-order valence-electron chi connectivity index (χ2n) is 8.07. The van der Waals surface area contributed by atoms with Gasteiger partial charge in [-0.1, -0.05) is 32.0 Å². The Bertz CT molecular complexity index is 874. The third kappa shape index (κ3) is 4.86. The monoisotopic (exact) mass is 396 g/mol. The van der Waals surface area contributed by atoms with Crippen LogP contribution in [0.25, 0.3) is 0 Å². The first kappa shape index (κ1) is 21.1. The third-order valence-electron chi connectivity index (χ3n) is 5.82. The average molecular weight is 397 g/mol. The van der Waals surface area contributed by atoms with Crippen LogP contribution < -0.4 is 10.2 Å². The summed E-state index contributed by atoms with van der Waals surface area (Å²) in [6, 6.07) is 10.1. The Hall–Kier alpha value is -2.63. The van der Waals surface area contributed by atoms with Gasteiger partial charge in [-0.2, -0.15) is 5.10 Å². The van der Waals surface area contributed by atoms with Gasteiger partial charge in [0.05, 0.1) is 11.6 Å². The zero-order valence-electron chi connectivity index (χ0n) is 17.9.